The molecule has 0 bridgehead atoms. The molecule has 2 aromatic heterocycles. The van der Waals surface area contributed by atoms with Crippen molar-refractivity contribution in [3.05, 3.63) is 70.7 Å². The zero-order valence-electron chi connectivity index (χ0n) is 17.7. The first-order chi connectivity index (χ1) is 15.2. The number of nitrogens with zero attached hydrogens (tertiary/aromatic N) is 4. The molecule has 2 heterocycles. The van der Waals surface area contributed by atoms with Crippen LogP contribution in [0.1, 0.15) is 73.4 Å². The minimum absolute atomic E-state index is 0.160. The highest BCUT2D eigenvalue weighted by Gasteiger charge is 2.29. The van der Waals surface area contributed by atoms with Crippen LogP contribution >= 0.6 is 11.3 Å². The molecule has 3 aromatic rings. The number of carbonyl (C=O) groups excluding carboxylic acids is 1. The van der Waals surface area contributed by atoms with E-state index in [1.54, 1.807) is 11.3 Å². The fourth-order valence-corrected chi connectivity index (χ4v) is 5.03. The number of benzene rings is 1. The number of thiophene rings is 1. The first-order valence-corrected chi connectivity index (χ1v) is 11.7. The second kappa shape index (κ2) is 9.98. The van der Waals surface area contributed by atoms with Crippen molar-refractivity contribution in [2.75, 3.05) is 5.32 Å². The van der Waals surface area contributed by atoms with Gasteiger partial charge in [-0.25, -0.2) is 4.68 Å². The van der Waals surface area contributed by atoms with Crippen LogP contribution in [0.5, 0.6) is 0 Å². The standard InChI is InChI=1S/C23H28N6OS/c1-3-19(20-10-7-15-31-20)25-22(16-11-13-17(14-12-16)24-21(30)4-2)23-26-27-28-29(23)18-8-5-6-9-18/h4,7,10-15,18-19,22,25H,2-3,5-6,8-9H2,1H3,(H,24,30). The average molecular weight is 437 g/mol. The fourth-order valence-electron chi connectivity index (χ4n) is 4.16. The number of anilines is 1. The lowest BCUT2D eigenvalue weighted by molar-refractivity contribution is -0.111. The predicted molar refractivity (Wildman–Crippen MR) is 123 cm³/mol. The molecule has 1 aliphatic carbocycles. The Hall–Kier alpha value is -2.84. The molecule has 0 saturated heterocycles. The summed E-state index contributed by atoms with van der Waals surface area (Å²) in [5.74, 6) is 0.612. The summed E-state index contributed by atoms with van der Waals surface area (Å²) >= 11 is 1.75. The van der Waals surface area contributed by atoms with Gasteiger partial charge in [-0.15, -0.1) is 16.4 Å². The second-order valence-corrected chi connectivity index (χ2v) is 8.79. The Kier molecular flexibility index (Phi) is 6.89. The van der Waals surface area contributed by atoms with Crippen LogP contribution in [0.3, 0.4) is 0 Å². The number of hydrogen-bond donors (Lipinski definition) is 2. The highest BCUT2D eigenvalue weighted by Crippen LogP contribution is 2.34. The van der Waals surface area contributed by atoms with Gasteiger partial charge in [0, 0.05) is 16.6 Å². The maximum absolute atomic E-state index is 11.6. The SMILES string of the molecule is C=CC(=O)Nc1ccc(C(NC(CC)c2cccs2)c2nnnn2C2CCCC2)cc1. The first kappa shape index (κ1) is 21.4. The molecule has 1 aromatic carbocycles. The van der Waals surface area contributed by atoms with E-state index < -0.39 is 0 Å². The summed E-state index contributed by atoms with van der Waals surface area (Å²) in [6.45, 7) is 5.69. The Labute approximate surface area is 186 Å². The first-order valence-electron chi connectivity index (χ1n) is 10.8. The summed E-state index contributed by atoms with van der Waals surface area (Å²) in [5.41, 5.74) is 1.79. The quantitative estimate of drug-likeness (QED) is 0.471. The molecule has 2 N–H and O–H groups in total. The number of rotatable bonds is 9. The van der Waals surface area contributed by atoms with Crippen molar-refractivity contribution in [2.24, 2.45) is 0 Å². The molecule has 4 rings (SSSR count). The van der Waals surface area contributed by atoms with Crippen molar-refractivity contribution >= 4 is 22.9 Å². The monoisotopic (exact) mass is 436 g/mol. The van der Waals surface area contributed by atoms with Gasteiger partial charge in [-0.3, -0.25) is 10.1 Å². The van der Waals surface area contributed by atoms with E-state index in [1.165, 1.54) is 23.8 Å². The number of tetrazole rings is 1. The topological polar surface area (TPSA) is 84.7 Å². The second-order valence-electron chi connectivity index (χ2n) is 7.81. The normalized spacial score (nSPS) is 16.2. The van der Waals surface area contributed by atoms with Gasteiger partial charge >= 0.3 is 0 Å². The Morgan fingerprint density at radius 1 is 1.29 bits per heavy atom. The lowest BCUT2D eigenvalue weighted by Gasteiger charge is -2.25. The number of carbonyl (C=O) groups is 1. The molecule has 0 aliphatic heterocycles. The van der Waals surface area contributed by atoms with Gasteiger partial charge in [0.2, 0.25) is 5.91 Å². The average Bonchev–Trinajstić information content (AvgIpc) is 3.57. The van der Waals surface area contributed by atoms with Gasteiger partial charge in [0.25, 0.3) is 0 Å². The molecule has 2 unspecified atom stereocenters. The number of amides is 1. The highest BCUT2D eigenvalue weighted by atomic mass is 32.1. The molecule has 0 radical (unpaired) electrons. The molecule has 1 aliphatic rings. The Morgan fingerprint density at radius 2 is 2.06 bits per heavy atom. The Morgan fingerprint density at radius 3 is 2.71 bits per heavy atom. The van der Waals surface area contributed by atoms with Gasteiger partial charge in [0.15, 0.2) is 5.82 Å². The summed E-state index contributed by atoms with van der Waals surface area (Å²) in [6.07, 6.45) is 6.87. The van der Waals surface area contributed by atoms with E-state index in [0.29, 0.717) is 6.04 Å². The van der Waals surface area contributed by atoms with Crippen LogP contribution in [0.2, 0.25) is 0 Å². The third kappa shape index (κ3) is 4.91. The number of aromatic nitrogens is 4. The van der Waals surface area contributed by atoms with E-state index >= 15 is 0 Å². The predicted octanol–water partition coefficient (Wildman–Crippen LogP) is 4.80. The van der Waals surface area contributed by atoms with E-state index in [1.807, 2.05) is 28.9 Å². The fraction of sp³-hybridized carbons (Fsp3) is 0.391. The van der Waals surface area contributed by atoms with Gasteiger partial charge in [-0.05, 0) is 64.9 Å². The largest absolute Gasteiger partial charge is 0.323 e. The van der Waals surface area contributed by atoms with Gasteiger partial charge in [-0.1, -0.05) is 44.5 Å². The van der Waals surface area contributed by atoms with Gasteiger partial charge in [0.05, 0.1) is 12.1 Å². The molecule has 7 nitrogen and oxygen atoms in total. The molecule has 162 valence electrons. The van der Waals surface area contributed by atoms with Crippen molar-refractivity contribution in [3.63, 3.8) is 0 Å². The number of nitrogens with one attached hydrogen (secondary N) is 2. The van der Waals surface area contributed by atoms with E-state index in [4.69, 9.17) is 0 Å². The summed E-state index contributed by atoms with van der Waals surface area (Å²) in [5, 5.41) is 21.6. The summed E-state index contributed by atoms with van der Waals surface area (Å²) in [4.78, 5) is 12.9. The molecule has 1 fully saturated rings. The molecular weight excluding hydrogens is 408 g/mol. The van der Waals surface area contributed by atoms with Crippen LogP contribution in [-0.4, -0.2) is 26.1 Å². The molecule has 31 heavy (non-hydrogen) atoms. The van der Waals surface area contributed by atoms with Crippen LogP contribution < -0.4 is 10.6 Å². The summed E-state index contributed by atoms with van der Waals surface area (Å²) < 4.78 is 2.01. The zero-order chi connectivity index (χ0) is 21.6. The van der Waals surface area contributed by atoms with Crippen molar-refractivity contribution in [1.82, 2.24) is 25.5 Å². The third-order valence-electron chi connectivity index (χ3n) is 5.81. The maximum Gasteiger partial charge on any atom is 0.247 e. The molecule has 1 amide bonds. The van der Waals surface area contributed by atoms with Crippen molar-refractivity contribution in [1.29, 1.82) is 0 Å². The van der Waals surface area contributed by atoms with E-state index in [-0.39, 0.29) is 18.0 Å². The minimum Gasteiger partial charge on any atom is -0.323 e. The van der Waals surface area contributed by atoms with Crippen LogP contribution in [0.25, 0.3) is 0 Å². The maximum atomic E-state index is 11.6. The van der Waals surface area contributed by atoms with E-state index in [9.17, 15) is 4.79 Å². The molecule has 0 spiro atoms. The zero-order valence-corrected chi connectivity index (χ0v) is 18.5. The van der Waals surface area contributed by atoms with Crippen molar-refractivity contribution < 1.29 is 4.79 Å². The summed E-state index contributed by atoms with van der Waals surface area (Å²) in [6, 6.07) is 12.5. The highest BCUT2D eigenvalue weighted by molar-refractivity contribution is 7.10. The smallest absolute Gasteiger partial charge is 0.247 e. The molecular formula is C23H28N6OS. The van der Waals surface area contributed by atoms with Crippen LogP contribution in [0, 0.1) is 0 Å². The lowest BCUT2D eigenvalue weighted by atomic mass is 10.0. The van der Waals surface area contributed by atoms with Crippen molar-refractivity contribution in [2.45, 2.75) is 57.2 Å². The Bertz CT molecular complexity index is 992. The summed E-state index contributed by atoms with van der Waals surface area (Å²) in [7, 11) is 0. The van der Waals surface area contributed by atoms with Crippen LogP contribution in [-0.2, 0) is 4.79 Å². The van der Waals surface area contributed by atoms with E-state index in [0.717, 1.165) is 36.3 Å². The Balaban J connectivity index is 1.67. The van der Waals surface area contributed by atoms with E-state index in [2.05, 4.69) is 57.2 Å². The van der Waals surface area contributed by atoms with Crippen LogP contribution in [0.4, 0.5) is 5.69 Å². The van der Waals surface area contributed by atoms with Crippen LogP contribution in [0.15, 0.2) is 54.4 Å². The number of hydrogen-bond acceptors (Lipinski definition) is 6. The molecule has 8 heteroatoms. The van der Waals surface area contributed by atoms with Gasteiger partial charge in [-0.2, -0.15) is 0 Å². The third-order valence-corrected chi connectivity index (χ3v) is 6.79. The van der Waals surface area contributed by atoms with Gasteiger partial charge < -0.3 is 5.32 Å². The van der Waals surface area contributed by atoms with Gasteiger partial charge in [0.1, 0.15) is 0 Å². The molecule has 2 atom stereocenters. The lowest BCUT2D eigenvalue weighted by Crippen LogP contribution is -2.30. The minimum atomic E-state index is -0.226. The van der Waals surface area contributed by atoms with Crippen molar-refractivity contribution in [3.8, 4) is 0 Å². The molecule has 1 saturated carbocycles.